The van der Waals surface area contributed by atoms with Gasteiger partial charge in [0.25, 0.3) is 0 Å². The Morgan fingerprint density at radius 2 is 1.50 bits per heavy atom. The number of hydrogen-bond acceptors (Lipinski definition) is 3. The van der Waals surface area contributed by atoms with Crippen molar-refractivity contribution in [1.29, 1.82) is 0 Å². The van der Waals surface area contributed by atoms with Gasteiger partial charge in [-0.05, 0) is 38.0 Å². The summed E-state index contributed by atoms with van der Waals surface area (Å²) in [5, 5.41) is 0. The first-order valence-corrected chi connectivity index (χ1v) is 7.38. The highest BCUT2D eigenvalue weighted by atomic mass is 16.5. The van der Waals surface area contributed by atoms with Crippen LogP contribution in [0.3, 0.4) is 0 Å². The van der Waals surface area contributed by atoms with Crippen molar-refractivity contribution in [2.45, 2.75) is 26.4 Å². The smallest absolute Gasteiger partial charge is 0.338 e. The lowest BCUT2D eigenvalue weighted by atomic mass is 9.91. The molecule has 0 fully saturated rings. The van der Waals surface area contributed by atoms with Crippen LogP contribution in [0.2, 0.25) is 0 Å². The quantitative estimate of drug-likeness (QED) is 0.764. The molecule has 0 aliphatic rings. The maximum atomic E-state index is 12.1. The molecule has 2 aromatic rings. The van der Waals surface area contributed by atoms with Gasteiger partial charge in [-0.2, -0.15) is 0 Å². The van der Waals surface area contributed by atoms with Crippen LogP contribution in [0.15, 0.2) is 60.7 Å². The summed E-state index contributed by atoms with van der Waals surface area (Å²) in [7, 11) is 0. The van der Waals surface area contributed by atoms with Crippen LogP contribution in [0.25, 0.3) is 0 Å². The number of benzene rings is 2. The molecule has 0 aliphatic carbocycles. The van der Waals surface area contributed by atoms with E-state index in [1.807, 2.05) is 36.4 Å². The first-order valence-electron chi connectivity index (χ1n) is 7.38. The van der Waals surface area contributed by atoms with Crippen LogP contribution in [0, 0.1) is 5.92 Å². The van der Waals surface area contributed by atoms with Gasteiger partial charge >= 0.3 is 5.97 Å². The van der Waals surface area contributed by atoms with Crippen molar-refractivity contribution in [3.63, 3.8) is 0 Å². The zero-order valence-electron chi connectivity index (χ0n) is 12.9. The monoisotopic (exact) mass is 296 g/mol. The summed E-state index contributed by atoms with van der Waals surface area (Å²) in [5.41, 5.74) is 1.56. The summed E-state index contributed by atoms with van der Waals surface area (Å²) in [4.78, 5) is 24.0. The Kier molecular flexibility index (Phi) is 5.48. The maximum Gasteiger partial charge on any atom is 0.338 e. The number of rotatable bonds is 6. The van der Waals surface area contributed by atoms with Crippen LogP contribution in [0.4, 0.5) is 0 Å². The highest BCUT2D eigenvalue weighted by Crippen LogP contribution is 2.17. The molecule has 0 aliphatic heterocycles. The van der Waals surface area contributed by atoms with Crippen LogP contribution in [-0.4, -0.2) is 17.9 Å². The number of carbonyl (C=O) groups excluding carboxylic acids is 2. The van der Waals surface area contributed by atoms with E-state index in [4.69, 9.17) is 4.74 Å². The summed E-state index contributed by atoms with van der Waals surface area (Å²) < 4.78 is 5.47. The van der Waals surface area contributed by atoms with Gasteiger partial charge in [0.2, 0.25) is 0 Å². The molecule has 0 radical (unpaired) electrons. The molecular formula is C19H20O3. The van der Waals surface area contributed by atoms with E-state index in [1.54, 1.807) is 38.1 Å². The second kappa shape index (κ2) is 7.55. The molecule has 0 saturated carbocycles. The van der Waals surface area contributed by atoms with Crippen molar-refractivity contribution in [3.8, 4) is 0 Å². The zero-order valence-corrected chi connectivity index (χ0v) is 12.9. The molecule has 0 bridgehead atoms. The molecule has 3 heteroatoms. The average Bonchev–Trinajstić information content (AvgIpc) is 2.54. The molecule has 3 nitrogen and oxygen atoms in total. The fourth-order valence-corrected chi connectivity index (χ4v) is 2.40. The van der Waals surface area contributed by atoms with Gasteiger partial charge in [-0.3, -0.25) is 4.79 Å². The summed E-state index contributed by atoms with van der Waals surface area (Å²) in [6.45, 7) is 3.32. The Hall–Kier alpha value is -2.42. The fraction of sp³-hybridized carbons (Fsp3) is 0.263. The van der Waals surface area contributed by atoms with Crippen molar-refractivity contribution < 1.29 is 14.3 Å². The van der Waals surface area contributed by atoms with Gasteiger partial charge in [0.1, 0.15) is 11.9 Å². The molecule has 0 amide bonds. The minimum Gasteiger partial charge on any atom is -0.458 e. The third-order valence-corrected chi connectivity index (χ3v) is 3.69. The lowest BCUT2D eigenvalue weighted by Gasteiger charge is -2.22. The topological polar surface area (TPSA) is 43.4 Å². The molecule has 0 saturated heterocycles. The molecule has 114 valence electrons. The molecule has 0 aromatic heterocycles. The van der Waals surface area contributed by atoms with E-state index < -0.39 is 12.1 Å². The summed E-state index contributed by atoms with van der Waals surface area (Å²) >= 11 is 0. The van der Waals surface area contributed by atoms with Crippen molar-refractivity contribution in [2.24, 2.45) is 5.92 Å². The van der Waals surface area contributed by atoms with Gasteiger partial charge in [-0.1, -0.05) is 48.5 Å². The molecular weight excluding hydrogens is 276 g/mol. The standard InChI is InChI=1S/C19H20O3/c1-14(20)18(13-16-9-5-3-6-10-16)15(2)22-19(21)17-11-7-4-8-12-17/h3-12,15,18H,13H2,1-2H3. The van der Waals surface area contributed by atoms with Gasteiger partial charge in [-0.15, -0.1) is 0 Å². The molecule has 22 heavy (non-hydrogen) atoms. The van der Waals surface area contributed by atoms with E-state index >= 15 is 0 Å². The normalized spacial score (nSPS) is 13.2. The van der Waals surface area contributed by atoms with Gasteiger partial charge in [0.05, 0.1) is 11.5 Å². The number of carbonyl (C=O) groups is 2. The molecule has 0 N–H and O–H groups in total. The lowest BCUT2D eigenvalue weighted by Crippen LogP contribution is -2.30. The van der Waals surface area contributed by atoms with Crippen LogP contribution < -0.4 is 0 Å². The van der Waals surface area contributed by atoms with Crippen LogP contribution in [-0.2, 0) is 16.0 Å². The van der Waals surface area contributed by atoms with E-state index in [0.29, 0.717) is 12.0 Å². The molecule has 0 heterocycles. The van der Waals surface area contributed by atoms with Crippen molar-refractivity contribution in [2.75, 3.05) is 0 Å². The van der Waals surface area contributed by atoms with Crippen LogP contribution in [0.1, 0.15) is 29.8 Å². The average molecular weight is 296 g/mol. The number of esters is 1. The van der Waals surface area contributed by atoms with Crippen molar-refractivity contribution in [3.05, 3.63) is 71.8 Å². The van der Waals surface area contributed by atoms with E-state index in [1.165, 1.54) is 0 Å². The molecule has 2 atom stereocenters. The second-order valence-corrected chi connectivity index (χ2v) is 5.38. The van der Waals surface area contributed by atoms with Gasteiger partial charge < -0.3 is 4.74 Å². The van der Waals surface area contributed by atoms with E-state index in [9.17, 15) is 9.59 Å². The number of ketones is 1. The highest BCUT2D eigenvalue weighted by Gasteiger charge is 2.25. The van der Waals surface area contributed by atoms with E-state index in [0.717, 1.165) is 5.56 Å². The number of ether oxygens (including phenoxy) is 1. The van der Waals surface area contributed by atoms with Crippen molar-refractivity contribution >= 4 is 11.8 Å². The third kappa shape index (κ3) is 4.29. The number of hydrogen-bond donors (Lipinski definition) is 0. The number of Topliss-reactive ketones (excluding diaryl/α,β-unsaturated/α-hetero) is 1. The summed E-state index contributed by atoms with van der Waals surface area (Å²) in [6, 6.07) is 18.6. The maximum absolute atomic E-state index is 12.1. The van der Waals surface area contributed by atoms with Gasteiger partial charge in [0.15, 0.2) is 0 Å². The van der Waals surface area contributed by atoms with E-state index in [2.05, 4.69) is 0 Å². The minimum atomic E-state index is -0.467. The Bertz CT molecular complexity index is 620. The SMILES string of the molecule is CC(=O)C(Cc1ccccc1)C(C)OC(=O)c1ccccc1. The highest BCUT2D eigenvalue weighted by molar-refractivity contribution is 5.89. The summed E-state index contributed by atoms with van der Waals surface area (Å²) in [6.07, 6.45) is 0.102. The van der Waals surface area contributed by atoms with Crippen LogP contribution in [0.5, 0.6) is 0 Å². The third-order valence-electron chi connectivity index (χ3n) is 3.69. The van der Waals surface area contributed by atoms with Gasteiger partial charge in [-0.25, -0.2) is 4.79 Å². The zero-order chi connectivity index (χ0) is 15.9. The fourth-order valence-electron chi connectivity index (χ4n) is 2.40. The first kappa shape index (κ1) is 16.0. The first-order chi connectivity index (χ1) is 10.6. The molecule has 2 aromatic carbocycles. The molecule has 0 spiro atoms. The Balaban J connectivity index is 2.05. The minimum absolute atomic E-state index is 0.0252. The largest absolute Gasteiger partial charge is 0.458 e. The molecule has 2 unspecified atom stereocenters. The van der Waals surface area contributed by atoms with Crippen molar-refractivity contribution in [1.82, 2.24) is 0 Å². The lowest BCUT2D eigenvalue weighted by molar-refractivity contribution is -0.123. The Morgan fingerprint density at radius 1 is 0.955 bits per heavy atom. The second-order valence-electron chi connectivity index (χ2n) is 5.38. The predicted molar refractivity (Wildman–Crippen MR) is 85.6 cm³/mol. The van der Waals surface area contributed by atoms with E-state index in [-0.39, 0.29) is 11.7 Å². The Morgan fingerprint density at radius 3 is 2.05 bits per heavy atom. The Labute approximate surface area is 130 Å². The van der Waals surface area contributed by atoms with Gasteiger partial charge in [0, 0.05) is 0 Å². The molecule has 2 rings (SSSR count). The predicted octanol–water partition coefficient (Wildman–Crippen LogP) is 3.68. The van der Waals surface area contributed by atoms with Crippen LogP contribution >= 0.6 is 0 Å². The summed E-state index contributed by atoms with van der Waals surface area (Å²) in [5.74, 6) is -0.709.